The maximum atomic E-state index is 13.6. The van der Waals surface area contributed by atoms with E-state index in [9.17, 15) is 9.18 Å². The number of ether oxygens (including phenoxy) is 1. The molecule has 88 valence electrons. The maximum absolute atomic E-state index is 13.6. The van der Waals surface area contributed by atoms with E-state index in [4.69, 9.17) is 11.3 Å². The van der Waals surface area contributed by atoms with Crippen LogP contribution in [-0.2, 0) is 0 Å². The summed E-state index contributed by atoms with van der Waals surface area (Å²) in [6.45, 7) is 6.87. The van der Waals surface area contributed by atoms with Gasteiger partial charge in [0.15, 0.2) is 17.3 Å². The Balaban J connectivity index is 2.28. The van der Waals surface area contributed by atoms with Crippen LogP contribution in [0.3, 0.4) is 0 Å². The first-order valence-corrected chi connectivity index (χ1v) is 5.13. The number of carbonyl (C=O) groups excluding carboxylic acids is 1. The standard InChI is InChI=1S/C14H8FNO2/c1-16-11-3-2-4-12(8-11)18-14-6-5-10(9-17)7-13(14)15/h2-9H. The van der Waals surface area contributed by atoms with Crippen molar-refractivity contribution in [1.82, 2.24) is 0 Å². The van der Waals surface area contributed by atoms with Crippen molar-refractivity contribution in [2.45, 2.75) is 0 Å². The minimum atomic E-state index is -0.618. The summed E-state index contributed by atoms with van der Waals surface area (Å²) in [6.07, 6.45) is 0.562. The second-order valence-electron chi connectivity index (χ2n) is 3.52. The van der Waals surface area contributed by atoms with Crippen LogP contribution in [0.25, 0.3) is 4.85 Å². The van der Waals surface area contributed by atoms with Gasteiger partial charge in [0.1, 0.15) is 12.0 Å². The molecular weight excluding hydrogens is 233 g/mol. The largest absolute Gasteiger partial charge is 0.456 e. The average Bonchev–Trinajstić information content (AvgIpc) is 2.41. The highest BCUT2D eigenvalue weighted by Gasteiger charge is 2.06. The molecule has 0 aliphatic rings. The van der Waals surface area contributed by atoms with Crippen LogP contribution in [-0.4, -0.2) is 6.29 Å². The predicted molar refractivity (Wildman–Crippen MR) is 64.6 cm³/mol. The first-order valence-electron chi connectivity index (χ1n) is 5.13. The molecule has 2 aromatic carbocycles. The van der Waals surface area contributed by atoms with E-state index >= 15 is 0 Å². The molecule has 0 heterocycles. The Morgan fingerprint density at radius 2 is 2.06 bits per heavy atom. The van der Waals surface area contributed by atoms with Crippen molar-refractivity contribution >= 4 is 12.0 Å². The molecule has 0 unspecified atom stereocenters. The van der Waals surface area contributed by atoms with Crippen LogP contribution in [0.2, 0.25) is 0 Å². The number of benzene rings is 2. The van der Waals surface area contributed by atoms with Gasteiger partial charge in [-0.05, 0) is 30.3 Å². The van der Waals surface area contributed by atoms with Gasteiger partial charge in [0.05, 0.1) is 6.57 Å². The summed E-state index contributed by atoms with van der Waals surface area (Å²) in [5.74, 6) is -0.225. The third-order valence-electron chi connectivity index (χ3n) is 2.27. The normalized spacial score (nSPS) is 9.56. The molecular formula is C14H8FNO2. The Bertz CT molecular complexity index is 632. The Morgan fingerprint density at radius 1 is 1.22 bits per heavy atom. The fourth-order valence-electron chi connectivity index (χ4n) is 1.42. The summed E-state index contributed by atoms with van der Waals surface area (Å²) in [5.41, 5.74) is 0.659. The number of halogens is 1. The van der Waals surface area contributed by atoms with Gasteiger partial charge < -0.3 is 4.74 Å². The second kappa shape index (κ2) is 5.11. The molecule has 0 amide bonds. The molecule has 0 bridgehead atoms. The topological polar surface area (TPSA) is 30.7 Å². The van der Waals surface area contributed by atoms with Crippen molar-refractivity contribution < 1.29 is 13.9 Å². The predicted octanol–water partition coefficient (Wildman–Crippen LogP) is 3.98. The molecule has 0 spiro atoms. The monoisotopic (exact) mass is 241 g/mol. The van der Waals surface area contributed by atoms with E-state index in [0.29, 0.717) is 17.7 Å². The zero-order valence-electron chi connectivity index (χ0n) is 9.26. The number of hydrogen-bond acceptors (Lipinski definition) is 2. The highest BCUT2D eigenvalue weighted by atomic mass is 19.1. The minimum Gasteiger partial charge on any atom is -0.456 e. The molecule has 0 saturated heterocycles. The van der Waals surface area contributed by atoms with Crippen LogP contribution >= 0.6 is 0 Å². The molecule has 0 radical (unpaired) electrons. The van der Waals surface area contributed by atoms with Gasteiger partial charge in [0.2, 0.25) is 0 Å². The molecule has 2 rings (SSSR count). The van der Waals surface area contributed by atoms with E-state index in [-0.39, 0.29) is 11.3 Å². The summed E-state index contributed by atoms with van der Waals surface area (Å²) >= 11 is 0. The lowest BCUT2D eigenvalue weighted by molar-refractivity contribution is 0.112. The van der Waals surface area contributed by atoms with E-state index in [1.165, 1.54) is 18.2 Å². The minimum absolute atomic E-state index is 0.0164. The number of hydrogen-bond donors (Lipinski definition) is 0. The van der Waals surface area contributed by atoms with E-state index in [1.807, 2.05) is 0 Å². The Labute approximate surface area is 103 Å². The van der Waals surface area contributed by atoms with Gasteiger partial charge in [-0.3, -0.25) is 4.79 Å². The summed E-state index contributed by atoms with van der Waals surface area (Å²) in [4.78, 5) is 13.7. The molecule has 0 aliphatic carbocycles. The van der Waals surface area contributed by atoms with E-state index in [1.54, 1.807) is 18.2 Å². The lowest BCUT2D eigenvalue weighted by Crippen LogP contribution is -1.90. The Kier molecular flexibility index (Phi) is 3.35. The highest BCUT2D eigenvalue weighted by Crippen LogP contribution is 2.27. The fourth-order valence-corrected chi connectivity index (χ4v) is 1.42. The molecule has 18 heavy (non-hydrogen) atoms. The number of aldehydes is 1. The quantitative estimate of drug-likeness (QED) is 0.601. The molecule has 2 aromatic rings. The van der Waals surface area contributed by atoms with Gasteiger partial charge in [-0.1, -0.05) is 12.1 Å². The molecule has 0 aliphatic heterocycles. The molecule has 0 saturated carbocycles. The van der Waals surface area contributed by atoms with Crippen LogP contribution in [0, 0.1) is 12.4 Å². The van der Waals surface area contributed by atoms with E-state index < -0.39 is 5.82 Å². The van der Waals surface area contributed by atoms with E-state index in [0.717, 1.165) is 6.07 Å². The van der Waals surface area contributed by atoms with Crippen molar-refractivity contribution in [2.75, 3.05) is 0 Å². The van der Waals surface area contributed by atoms with Crippen molar-refractivity contribution in [3.8, 4) is 11.5 Å². The zero-order chi connectivity index (χ0) is 13.0. The number of rotatable bonds is 3. The third-order valence-corrected chi connectivity index (χ3v) is 2.27. The van der Waals surface area contributed by atoms with Crippen molar-refractivity contribution in [1.29, 1.82) is 0 Å². The SMILES string of the molecule is [C-]#[N+]c1cccc(Oc2ccc(C=O)cc2F)c1. The Morgan fingerprint density at radius 3 is 2.72 bits per heavy atom. The summed E-state index contributed by atoms with van der Waals surface area (Å²) in [7, 11) is 0. The lowest BCUT2D eigenvalue weighted by Gasteiger charge is -2.07. The fraction of sp³-hybridized carbons (Fsp3) is 0. The van der Waals surface area contributed by atoms with Crippen LogP contribution in [0.5, 0.6) is 11.5 Å². The number of nitrogens with zero attached hydrogens (tertiary/aromatic N) is 1. The van der Waals surface area contributed by atoms with Crippen molar-refractivity contribution in [3.05, 3.63) is 65.3 Å². The summed E-state index contributed by atoms with van der Waals surface area (Å²) in [6, 6.07) is 10.4. The van der Waals surface area contributed by atoms with Crippen LogP contribution in [0.1, 0.15) is 10.4 Å². The molecule has 4 heteroatoms. The molecule has 0 aromatic heterocycles. The van der Waals surface area contributed by atoms with Gasteiger partial charge in [-0.25, -0.2) is 9.24 Å². The van der Waals surface area contributed by atoms with Crippen LogP contribution < -0.4 is 4.74 Å². The summed E-state index contributed by atoms with van der Waals surface area (Å²) < 4.78 is 18.9. The van der Waals surface area contributed by atoms with Crippen LogP contribution in [0.4, 0.5) is 10.1 Å². The Hall–Kier alpha value is -2.67. The maximum Gasteiger partial charge on any atom is 0.190 e. The molecule has 0 fully saturated rings. The van der Waals surface area contributed by atoms with E-state index in [2.05, 4.69) is 4.85 Å². The molecule has 3 nitrogen and oxygen atoms in total. The molecule has 0 N–H and O–H groups in total. The highest BCUT2D eigenvalue weighted by molar-refractivity contribution is 5.75. The summed E-state index contributed by atoms with van der Waals surface area (Å²) in [5, 5.41) is 0. The first-order chi connectivity index (χ1) is 8.72. The van der Waals surface area contributed by atoms with Crippen molar-refractivity contribution in [2.24, 2.45) is 0 Å². The van der Waals surface area contributed by atoms with Gasteiger partial charge in [0, 0.05) is 5.56 Å². The number of carbonyl (C=O) groups is 1. The second-order valence-corrected chi connectivity index (χ2v) is 3.52. The van der Waals surface area contributed by atoms with Gasteiger partial charge >= 0.3 is 0 Å². The van der Waals surface area contributed by atoms with Crippen LogP contribution in [0.15, 0.2) is 42.5 Å². The smallest absolute Gasteiger partial charge is 0.190 e. The van der Waals surface area contributed by atoms with Gasteiger partial charge in [0.25, 0.3) is 0 Å². The third kappa shape index (κ3) is 2.53. The average molecular weight is 241 g/mol. The first kappa shape index (κ1) is 11.8. The van der Waals surface area contributed by atoms with Crippen molar-refractivity contribution in [3.63, 3.8) is 0 Å². The van der Waals surface area contributed by atoms with Gasteiger partial charge in [-0.15, -0.1) is 0 Å². The lowest BCUT2D eigenvalue weighted by atomic mass is 10.2. The molecule has 0 atom stereocenters. The van der Waals surface area contributed by atoms with Gasteiger partial charge in [-0.2, -0.15) is 0 Å². The zero-order valence-corrected chi connectivity index (χ0v) is 9.26.